The number of carbonyl (C=O) groups is 1. The predicted octanol–water partition coefficient (Wildman–Crippen LogP) is 1.70. The minimum atomic E-state index is -1.05. The Hall–Kier alpha value is -2.95. The van der Waals surface area contributed by atoms with Gasteiger partial charge in [0.05, 0.1) is 6.07 Å². The maximum atomic E-state index is 12.9. The number of hydrogen-bond acceptors (Lipinski definition) is 5. The minimum Gasteiger partial charge on any atom is -0.388 e. The lowest BCUT2D eigenvalue weighted by Gasteiger charge is -2.27. The quantitative estimate of drug-likeness (QED) is 0.898. The number of nitrogens with one attached hydrogen (secondary N) is 1. The predicted molar refractivity (Wildman–Crippen MR) is 83.2 cm³/mol. The topological polar surface area (TPSA) is 101 Å². The molecule has 1 amide bonds. The van der Waals surface area contributed by atoms with Crippen molar-refractivity contribution in [3.05, 3.63) is 40.6 Å². The fourth-order valence-corrected chi connectivity index (χ4v) is 1.88. The van der Waals surface area contributed by atoms with Crippen molar-refractivity contribution >= 4 is 5.91 Å². The molecule has 2 rings (SSSR count). The van der Waals surface area contributed by atoms with E-state index in [4.69, 9.17) is 4.42 Å². The highest BCUT2D eigenvalue weighted by Gasteiger charge is 2.30. The van der Waals surface area contributed by atoms with Crippen LogP contribution in [-0.2, 0) is 11.3 Å². The number of nitrogens with zero attached hydrogens (tertiary/aromatic N) is 3. The summed E-state index contributed by atoms with van der Waals surface area (Å²) in [5.74, 6) is -1.90. The summed E-state index contributed by atoms with van der Waals surface area (Å²) in [6.45, 7) is 4.83. The molecule has 1 atom stereocenters. The van der Waals surface area contributed by atoms with Crippen molar-refractivity contribution in [3.8, 4) is 17.5 Å². The highest BCUT2D eigenvalue weighted by atomic mass is 19.1. The first-order valence-corrected chi connectivity index (χ1v) is 7.31. The lowest BCUT2D eigenvalue weighted by atomic mass is 9.90. The van der Waals surface area contributed by atoms with Gasteiger partial charge in [-0.3, -0.25) is 4.79 Å². The van der Waals surface area contributed by atoms with Gasteiger partial charge in [0.25, 0.3) is 0 Å². The fourth-order valence-electron chi connectivity index (χ4n) is 1.88. The van der Waals surface area contributed by atoms with E-state index < -0.39 is 23.0 Å². The molecule has 1 unspecified atom stereocenters. The van der Waals surface area contributed by atoms with Crippen LogP contribution in [0, 0.1) is 23.1 Å². The second kappa shape index (κ2) is 6.66. The number of nitriles is 1. The molecule has 0 aliphatic carbocycles. The first-order chi connectivity index (χ1) is 11.2. The van der Waals surface area contributed by atoms with Crippen LogP contribution >= 0.6 is 0 Å². The lowest BCUT2D eigenvalue weighted by Crippen LogP contribution is -2.50. The second-order valence-corrected chi connectivity index (χ2v) is 5.85. The summed E-state index contributed by atoms with van der Waals surface area (Å²) in [6, 6.07) is 7.29. The largest absolute Gasteiger partial charge is 0.437 e. The molecule has 8 heteroatoms. The van der Waals surface area contributed by atoms with Crippen LogP contribution in [-0.4, -0.2) is 21.2 Å². The Bertz CT molecular complexity index is 832. The molecule has 126 valence electrons. The number of halogens is 1. The molecule has 0 saturated heterocycles. The average Bonchev–Trinajstić information content (AvgIpc) is 2.88. The van der Waals surface area contributed by atoms with Crippen LogP contribution in [0.2, 0.25) is 0 Å². The van der Waals surface area contributed by atoms with Crippen LogP contribution in [0.25, 0.3) is 11.5 Å². The Morgan fingerprint density at radius 2 is 2.08 bits per heavy atom. The van der Waals surface area contributed by atoms with E-state index in [9.17, 15) is 19.2 Å². The molecule has 0 aliphatic heterocycles. The molecule has 0 fully saturated rings. The van der Waals surface area contributed by atoms with E-state index in [2.05, 4.69) is 10.4 Å². The summed E-state index contributed by atoms with van der Waals surface area (Å²) >= 11 is 0. The molecule has 0 bridgehead atoms. The average molecular weight is 332 g/mol. The Morgan fingerprint density at radius 3 is 2.62 bits per heavy atom. The molecule has 0 saturated carbocycles. The van der Waals surface area contributed by atoms with E-state index in [-0.39, 0.29) is 18.4 Å². The summed E-state index contributed by atoms with van der Waals surface area (Å²) in [6.07, 6.45) is 0. The molecule has 1 aromatic carbocycles. The molecule has 7 nitrogen and oxygen atoms in total. The standard InChI is InChI=1S/C16H17FN4O3/c1-10(2)16(3,9-18)19-13(22)8-21-15(23)24-14(20-21)11-4-6-12(17)7-5-11/h4-7,10H,8H2,1-3H3,(H,19,22). The number of aromatic nitrogens is 2. The van der Waals surface area contributed by atoms with Crippen molar-refractivity contribution in [2.24, 2.45) is 5.92 Å². The number of benzene rings is 1. The molecule has 24 heavy (non-hydrogen) atoms. The maximum absolute atomic E-state index is 12.9. The number of carbonyl (C=O) groups excluding carboxylic acids is 1. The van der Waals surface area contributed by atoms with E-state index in [1.165, 1.54) is 24.3 Å². The third-order valence-electron chi connectivity index (χ3n) is 3.78. The maximum Gasteiger partial charge on any atom is 0.437 e. The summed E-state index contributed by atoms with van der Waals surface area (Å²) in [4.78, 5) is 23.9. The normalized spacial score (nSPS) is 13.3. The van der Waals surface area contributed by atoms with Gasteiger partial charge in [-0.15, -0.1) is 5.10 Å². The molecule has 0 aliphatic rings. The molecular formula is C16H17FN4O3. The van der Waals surface area contributed by atoms with Crippen molar-refractivity contribution in [1.29, 1.82) is 5.26 Å². The highest BCUT2D eigenvalue weighted by Crippen LogP contribution is 2.16. The van der Waals surface area contributed by atoms with E-state index >= 15 is 0 Å². The van der Waals surface area contributed by atoms with E-state index in [0.717, 1.165) is 4.68 Å². The molecular weight excluding hydrogens is 315 g/mol. The van der Waals surface area contributed by atoms with Crippen molar-refractivity contribution in [1.82, 2.24) is 15.1 Å². The van der Waals surface area contributed by atoms with Gasteiger partial charge < -0.3 is 9.73 Å². The lowest BCUT2D eigenvalue weighted by molar-refractivity contribution is -0.123. The second-order valence-electron chi connectivity index (χ2n) is 5.85. The Kier molecular flexibility index (Phi) is 4.83. The SMILES string of the molecule is CC(C)C(C)(C#N)NC(=O)Cn1nc(-c2ccc(F)cc2)oc1=O. The van der Waals surface area contributed by atoms with Gasteiger partial charge in [-0.05, 0) is 37.1 Å². The Labute approximate surface area is 137 Å². The van der Waals surface area contributed by atoms with Crippen LogP contribution in [0.3, 0.4) is 0 Å². The highest BCUT2D eigenvalue weighted by molar-refractivity contribution is 5.77. The Morgan fingerprint density at radius 1 is 1.46 bits per heavy atom. The van der Waals surface area contributed by atoms with E-state index in [0.29, 0.717) is 5.56 Å². The van der Waals surface area contributed by atoms with Gasteiger partial charge in [-0.2, -0.15) is 9.94 Å². The third kappa shape index (κ3) is 3.68. The summed E-state index contributed by atoms with van der Waals surface area (Å²) in [5, 5.41) is 15.7. The van der Waals surface area contributed by atoms with Gasteiger partial charge in [0.1, 0.15) is 17.9 Å². The van der Waals surface area contributed by atoms with Gasteiger partial charge in [0.2, 0.25) is 11.8 Å². The zero-order valence-corrected chi connectivity index (χ0v) is 13.5. The van der Waals surface area contributed by atoms with Crippen molar-refractivity contribution < 1.29 is 13.6 Å². The Balaban J connectivity index is 2.17. The number of amides is 1. The summed E-state index contributed by atoms with van der Waals surface area (Å²) < 4.78 is 18.7. The molecule has 0 spiro atoms. The van der Waals surface area contributed by atoms with Gasteiger partial charge >= 0.3 is 5.76 Å². The van der Waals surface area contributed by atoms with Crippen molar-refractivity contribution in [2.75, 3.05) is 0 Å². The van der Waals surface area contributed by atoms with Crippen LogP contribution < -0.4 is 11.1 Å². The van der Waals surface area contributed by atoms with Crippen LogP contribution in [0.4, 0.5) is 4.39 Å². The number of rotatable bonds is 5. The minimum absolute atomic E-state index is 0.0142. The molecule has 1 aromatic heterocycles. The summed E-state index contributed by atoms with van der Waals surface area (Å²) in [5.41, 5.74) is -0.638. The number of hydrogen-bond donors (Lipinski definition) is 1. The zero-order valence-electron chi connectivity index (χ0n) is 13.5. The van der Waals surface area contributed by atoms with Gasteiger partial charge in [-0.1, -0.05) is 13.8 Å². The monoisotopic (exact) mass is 332 g/mol. The van der Waals surface area contributed by atoms with Crippen LogP contribution in [0.1, 0.15) is 20.8 Å². The fraction of sp³-hybridized carbons (Fsp3) is 0.375. The summed E-state index contributed by atoms with van der Waals surface area (Å²) in [7, 11) is 0. The molecule has 0 radical (unpaired) electrons. The van der Waals surface area contributed by atoms with E-state index in [1.54, 1.807) is 20.8 Å². The zero-order chi connectivity index (χ0) is 17.9. The smallest absolute Gasteiger partial charge is 0.388 e. The molecule has 1 heterocycles. The van der Waals surface area contributed by atoms with Crippen LogP contribution in [0.15, 0.2) is 33.5 Å². The molecule has 2 aromatic rings. The first-order valence-electron chi connectivity index (χ1n) is 7.31. The first kappa shape index (κ1) is 17.4. The van der Waals surface area contributed by atoms with Crippen LogP contribution in [0.5, 0.6) is 0 Å². The van der Waals surface area contributed by atoms with Gasteiger partial charge in [-0.25, -0.2) is 9.18 Å². The molecule has 1 N–H and O–H groups in total. The van der Waals surface area contributed by atoms with Crippen molar-refractivity contribution in [3.63, 3.8) is 0 Å². The van der Waals surface area contributed by atoms with Gasteiger partial charge in [0.15, 0.2) is 0 Å². The van der Waals surface area contributed by atoms with E-state index in [1.807, 2.05) is 6.07 Å². The third-order valence-corrected chi connectivity index (χ3v) is 3.78. The van der Waals surface area contributed by atoms with Gasteiger partial charge in [0, 0.05) is 5.56 Å². The van der Waals surface area contributed by atoms with Crippen molar-refractivity contribution in [2.45, 2.75) is 32.9 Å².